The van der Waals surface area contributed by atoms with Gasteiger partial charge in [0.2, 0.25) is 5.95 Å². The van der Waals surface area contributed by atoms with Crippen molar-refractivity contribution in [3.8, 4) is 0 Å². The number of rotatable bonds is 3. The zero-order valence-electron chi connectivity index (χ0n) is 11.7. The van der Waals surface area contributed by atoms with Crippen LogP contribution in [0, 0.1) is 0 Å². The molecule has 2 aliphatic heterocycles. The molecule has 6 nitrogen and oxygen atoms in total. The molecular weight excluding hydrogens is 256 g/mol. The van der Waals surface area contributed by atoms with Crippen molar-refractivity contribution in [1.82, 2.24) is 14.9 Å². The fourth-order valence-corrected chi connectivity index (χ4v) is 3.23. The van der Waals surface area contributed by atoms with Crippen LogP contribution in [0.1, 0.15) is 12.8 Å². The summed E-state index contributed by atoms with van der Waals surface area (Å²) in [6.45, 7) is 5.28. The Morgan fingerprint density at radius 3 is 2.90 bits per heavy atom. The van der Waals surface area contributed by atoms with Gasteiger partial charge in [0, 0.05) is 38.6 Å². The van der Waals surface area contributed by atoms with Gasteiger partial charge in [-0.25, -0.2) is 9.97 Å². The molecular formula is C14H22N4O2. The number of morpholine rings is 1. The zero-order chi connectivity index (χ0) is 13.8. The van der Waals surface area contributed by atoms with E-state index in [0.29, 0.717) is 0 Å². The molecule has 2 aliphatic rings. The number of aromatic nitrogens is 2. The molecule has 0 aromatic carbocycles. The Kier molecular flexibility index (Phi) is 4.14. The number of ether oxygens (including phenoxy) is 1. The van der Waals surface area contributed by atoms with E-state index in [1.807, 2.05) is 6.07 Å². The largest absolute Gasteiger partial charge is 0.395 e. The van der Waals surface area contributed by atoms with E-state index in [9.17, 15) is 0 Å². The van der Waals surface area contributed by atoms with Crippen molar-refractivity contribution in [3.05, 3.63) is 18.5 Å². The maximum atomic E-state index is 9.12. The molecule has 2 fully saturated rings. The maximum Gasteiger partial charge on any atom is 0.225 e. The van der Waals surface area contributed by atoms with Crippen molar-refractivity contribution in [3.63, 3.8) is 0 Å². The van der Waals surface area contributed by atoms with E-state index in [0.717, 1.165) is 58.1 Å². The third-order valence-electron chi connectivity index (χ3n) is 4.12. The number of piperidine rings is 1. The van der Waals surface area contributed by atoms with Crippen molar-refractivity contribution in [2.75, 3.05) is 50.8 Å². The van der Waals surface area contributed by atoms with E-state index in [1.165, 1.54) is 0 Å². The first-order valence-corrected chi connectivity index (χ1v) is 7.30. The summed E-state index contributed by atoms with van der Waals surface area (Å²) < 4.78 is 6.11. The number of hydrogen-bond acceptors (Lipinski definition) is 6. The summed E-state index contributed by atoms with van der Waals surface area (Å²) in [6, 6.07) is 1.84. The van der Waals surface area contributed by atoms with Gasteiger partial charge in [-0.1, -0.05) is 0 Å². The quantitative estimate of drug-likeness (QED) is 0.848. The summed E-state index contributed by atoms with van der Waals surface area (Å²) in [5.74, 6) is 0.787. The average Bonchev–Trinajstić information content (AvgIpc) is 2.49. The topological polar surface area (TPSA) is 61.7 Å². The number of hydrogen-bond donors (Lipinski definition) is 1. The van der Waals surface area contributed by atoms with Crippen LogP contribution in [0.4, 0.5) is 5.95 Å². The van der Waals surface area contributed by atoms with Gasteiger partial charge >= 0.3 is 0 Å². The molecule has 0 unspecified atom stereocenters. The van der Waals surface area contributed by atoms with E-state index in [1.54, 1.807) is 12.4 Å². The molecule has 0 amide bonds. The third kappa shape index (κ3) is 2.92. The maximum absolute atomic E-state index is 9.12. The van der Waals surface area contributed by atoms with Crippen molar-refractivity contribution in [1.29, 1.82) is 0 Å². The lowest BCUT2D eigenvalue weighted by atomic mass is 9.91. The van der Waals surface area contributed by atoms with Crippen LogP contribution < -0.4 is 4.90 Å². The first kappa shape index (κ1) is 13.7. The minimum atomic E-state index is -0.134. The van der Waals surface area contributed by atoms with Crippen molar-refractivity contribution >= 4 is 5.95 Å². The molecule has 6 heteroatoms. The number of nitrogens with zero attached hydrogens (tertiary/aromatic N) is 4. The molecule has 1 aromatic rings. The van der Waals surface area contributed by atoms with E-state index in [4.69, 9.17) is 9.84 Å². The number of β-amino-alcohol motifs (C(OH)–C–C–N with tert-alkyl or cyclic N) is 1. The predicted molar refractivity (Wildman–Crippen MR) is 75.7 cm³/mol. The van der Waals surface area contributed by atoms with Crippen LogP contribution in [-0.4, -0.2) is 71.5 Å². The van der Waals surface area contributed by atoms with Crippen LogP contribution in [0.3, 0.4) is 0 Å². The second-order valence-corrected chi connectivity index (χ2v) is 5.61. The molecule has 110 valence electrons. The first-order chi connectivity index (χ1) is 9.81. The van der Waals surface area contributed by atoms with Crippen LogP contribution in [0.5, 0.6) is 0 Å². The Morgan fingerprint density at radius 2 is 2.10 bits per heavy atom. The van der Waals surface area contributed by atoms with Crippen molar-refractivity contribution in [2.45, 2.75) is 18.4 Å². The van der Waals surface area contributed by atoms with Gasteiger partial charge in [0.15, 0.2) is 0 Å². The van der Waals surface area contributed by atoms with Crippen LogP contribution in [-0.2, 0) is 4.74 Å². The monoisotopic (exact) mass is 278 g/mol. The number of anilines is 1. The third-order valence-corrected chi connectivity index (χ3v) is 4.12. The van der Waals surface area contributed by atoms with Gasteiger partial charge in [-0.2, -0.15) is 0 Å². The Morgan fingerprint density at radius 1 is 1.25 bits per heavy atom. The SMILES string of the molecule is OCCN1CCO[C@]2(CCCN(c3ncccn3)C2)C1. The number of aliphatic hydroxyl groups excluding tert-OH is 1. The van der Waals surface area contributed by atoms with Gasteiger partial charge in [-0.15, -0.1) is 0 Å². The minimum absolute atomic E-state index is 0.134. The standard InChI is InChI=1S/C14H22N4O2/c19-9-7-17-8-10-20-14(11-17)3-1-6-18(12-14)13-15-4-2-5-16-13/h2,4-5,19H,1,3,6-12H2/t14-/m1/s1. The van der Waals surface area contributed by atoms with Crippen molar-refractivity contribution in [2.24, 2.45) is 0 Å². The Labute approximate surface area is 119 Å². The summed E-state index contributed by atoms with van der Waals surface area (Å²) in [5, 5.41) is 9.12. The molecule has 1 aromatic heterocycles. The number of aliphatic hydroxyl groups is 1. The van der Waals surface area contributed by atoms with E-state index in [-0.39, 0.29) is 12.2 Å². The molecule has 0 bridgehead atoms. The molecule has 1 spiro atoms. The summed E-state index contributed by atoms with van der Waals surface area (Å²) in [6.07, 6.45) is 5.72. The smallest absolute Gasteiger partial charge is 0.225 e. The van der Waals surface area contributed by atoms with Crippen LogP contribution >= 0.6 is 0 Å². The molecule has 3 heterocycles. The Hall–Kier alpha value is -1.24. The van der Waals surface area contributed by atoms with Crippen LogP contribution in [0.25, 0.3) is 0 Å². The second kappa shape index (κ2) is 6.03. The highest BCUT2D eigenvalue weighted by atomic mass is 16.5. The summed E-state index contributed by atoms with van der Waals surface area (Å²) in [4.78, 5) is 13.2. The molecule has 3 rings (SSSR count). The van der Waals surface area contributed by atoms with Gasteiger partial charge in [0.25, 0.3) is 0 Å². The minimum Gasteiger partial charge on any atom is -0.395 e. The highest BCUT2D eigenvalue weighted by Crippen LogP contribution is 2.30. The average molecular weight is 278 g/mol. The van der Waals surface area contributed by atoms with Gasteiger partial charge < -0.3 is 14.7 Å². The lowest BCUT2D eigenvalue weighted by molar-refractivity contribution is -0.116. The van der Waals surface area contributed by atoms with E-state index < -0.39 is 0 Å². The summed E-state index contributed by atoms with van der Waals surface area (Å²) >= 11 is 0. The highest BCUT2D eigenvalue weighted by molar-refractivity contribution is 5.31. The fourth-order valence-electron chi connectivity index (χ4n) is 3.23. The normalized spacial score (nSPS) is 27.9. The van der Waals surface area contributed by atoms with Gasteiger partial charge in [0.1, 0.15) is 0 Å². The molecule has 20 heavy (non-hydrogen) atoms. The van der Waals surface area contributed by atoms with E-state index in [2.05, 4.69) is 19.8 Å². The molecule has 2 saturated heterocycles. The van der Waals surface area contributed by atoms with E-state index >= 15 is 0 Å². The van der Waals surface area contributed by atoms with Crippen molar-refractivity contribution < 1.29 is 9.84 Å². The van der Waals surface area contributed by atoms with Gasteiger partial charge in [0.05, 0.1) is 25.4 Å². The fraction of sp³-hybridized carbons (Fsp3) is 0.714. The molecule has 1 atom stereocenters. The first-order valence-electron chi connectivity index (χ1n) is 7.30. The Bertz CT molecular complexity index is 424. The zero-order valence-corrected chi connectivity index (χ0v) is 11.7. The Balaban J connectivity index is 1.70. The molecule has 0 radical (unpaired) electrons. The van der Waals surface area contributed by atoms with Crippen LogP contribution in [0.2, 0.25) is 0 Å². The molecule has 0 aliphatic carbocycles. The molecule has 1 N–H and O–H groups in total. The van der Waals surface area contributed by atoms with Gasteiger partial charge in [-0.05, 0) is 18.9 Å². The highest BCUT2D eigenvalue weighted by Gasteiger charge is 2.40. The molecule has 0 saturated carbocycles. The lowest BCUT2D eigenvalue weighted by Crippen LogP contribution is -2.60. The van der Waals surface area contributed by atoms with Crippen LogP contribution in [0.15, 0.2) is 18.5 Å². The summed E-state index contributed by atoms with van der Waals surface area (Å²) in [7, 11) is 0. The predicted octanol–water partition coefficient (Wildman–Crippen LogP) is 0.140. The van der Waals surface area contributed by atoms with Gasteiger partial charge in [-0.3, -0.25) is 4.90 Å². The second-order valence-electron chi connectivity index (χ2n) is 5.61. The lowest BCUT2D eigenvalue weighted by Gasteiger charge is -2.48. The summed E-state index contributed by atoms with van der Waals surface area (Å²) in [5.41, 5.74) is -0.134.